The number of hydrogen-bond acceptors (Lipinski definition) is 4. The quantitative estimate of drug-likeness (QED) is 0.675. The van der Waals surface area contributed by atoms with Crippen molar-refractivity contribution < 1.29 is 14.8 Å². The molecule has 0 saturated heterocycles. The molecule has 19 heavy (non-hydrogen) atoms. The SMILES string of the molecule is CCCN(CCOc1ccc(B(O)O)cc1)C1CC1. The van der Waals surface area contributed by atoms with Crippen molar-refractivity contribution in [2.45, 2.75) is 32.2 Å². The zero-order valence-electron chi connectivity index (χ0n) is 11.5. The van der Waals surface area contributed by atoms with Crippen LogP contribution in [0.3, 0.4) is 0 Å². The van der Waals surface area contributed by atoms with Crippen molar-refractivity contribution in [3.63, 3.8) is 0 Å². The van der Waals surface area contributed by atoms with Crippen LogP contribution in [0.5, 0.6) is 5.75 Å². The fourth-order valence-electron chi connectivity index (χ4n) is 2.22. The number of rotatable bonds is 8. The summed E-state index contributed by atoms with van der Waals surface area (Å²) in [5.74, 6) is 0.775. The summed E-state index contributed by atoms with van der Waals surface area (Å²) in [7, 11) is -1.41. The van der Waals surface area contributed by atoms with Crippen LogP contribution in [0.25, 0.3) is 0 Å². The summed E-state index contributed by atoms with van der Waals surface area (Å²) in [6.07, 6.45) is 3.83. The van der Waals surface area contributed by atoms with Gasteiger partial charge in [-0.1, -0.05) is 19.1 Å². The van der Waals surface area contributed by atoms with E-state index >= 15 is 0 Å². The second-order valence-corrected chi connectivity index (χ2v) is 5.06. The van der Waals surface area contributed by atoms with E-state index in [1.165, 1.54) is 19.3 Å². The smallest absolute Gasteiger partial charge is 0.488 e. The van der Waals surface area contributed by atoms with Gasteiger partial charge in [-0.3, -0.25) is 4.90 Å². The summed E-state index contributed by atoms with van der Waals surface area (Å²) >= 11 is 0. The van der Waals surface area contributed by atoms with E-state index in [0.717, 1.165) is 24.9 Å². The largest absolute Gasteiger partial charge is 0.492 e. The van der Waals surface area contributed by atoms with Crippen LogP contribution in [-0.4, -0.2) is 47.8 Å². The van der Waals surface area contributed by atoms with Crippen LogP contribution >= 0.6 is 0 Å². The molecular weight excluding hydrogens is 241 g/mol. The molecule has 4 nitrogen and oxygen atoms in total. The fourth-order valence-corrected chi connectivity index (χ4v) is 2.22. The molecule has 1 aliphatic rings. The fraction of sp³-hybridized carbons (Fsp3) is 0.571. The van der Waals surface area contributed by atoms with Crippen LogP contribution < -0.4 is 10.2 Å². The Kier molecular flexibility index (Phi) is 5.25. The summed E-state index contributed by atoms with van der Waals surface area (Å²) < 4.78 is 5.69. The lowest BCUT2D eigenvalue weighted by atomic mass is 9.80. The lowest BCUT2D eigenvalue weighted by Gasteiger charge is -2.21. The average Bonchev–Trinajstić information content (AvgIpc) is 3.22. The van der Waals surface area contributed by atoms with E-state index in [4.69, 9.17) is 14.8 Å². The molecular formula is C14H22BNO3. The van der Waals surface area contributed by atoms with Crippen LogP contribution in [0, 0.1) is 0 Å². The van der Waals surface area contributed by atoms with Crippen molar-refractivity contribution in [2.75, 3.05) is 19.7 Å². The highest BCUT2D eigenvalue weighted by Crippen LogP contribution is 2.26. The standard InChI is InChI=1S/C14H22BNO3/c1-2-9-16(13-5-6-13)10-11-19-14-7-3-12(4-8-14)15(17)18/h3-4,7-8,13,17-18H,2,5-6,9-11H2,1H3. The monoisotopic (exact) mass is 263 g/mol. The maximum absolute atomic E-state index is 9.00. The van der Waals surface area contributed by atoms with E-state index in [2.05, 4.69) is 11.8 Å². The maximum atomic E-state index is 9.00. The summed E-state index contributed by atoms with van der Waals surface area (Å²) in [4.78, 5) is 2.49. The molecule has 0 unspecified atom stereocenters. The molecule has 1 aliphatic carbocycles. The second kappa shape index (κ2) is 6.94. The minimum atomic E-state index is -1.41. The van der Waals surface area contributed by atoms with Gasteiger partial charge in [0.1, 0.15) is 12.4 Å². The van der Waals surface area contributed by atoms with Gasteiger partial charge in [0.15, 0.2) is 0 Å². The van der Waals surface area contributed by atoms with Gasteiger partial charge in [-0.15, -0.1) is 0 Å². The van der Waals surface area contributed by atoms with Gasteiger partial charge in [-0.25, -0.2) is 0 Å². The lowest BCUT2D eigenvalue weighted by molar-refractivity contribution is 0.202. The summed E-state index contributed by atoms with van der Waals surface area (Å²) in [6, 6.07) is 7.66. The van der Waals surface area contributed by atoms with E-state index < -0.39 is 7.12 Å². The van der Waals surface area contributed by atoms with Gasteiger partial charge in [-0.2, -0.15) is 0 Å². The van der Waals surface area contributed by atoms with E-state index in [-0.39, 0.29) is 0 Å². The molecule has 0 radical (unpaired) electrons. The van der Waals surface area contributed by atoms with Crippen LogP contribution in [0.1, 0.15) is 26.2 Å². The first-order valence-corrected chi connectivity index (χ1v) is 7.03. The van der Waals surface area contributed by atoms with Crippen LogP contribution in [0.2, 0.25) is 0 Å². The van der Waals surface area contributed by atoms with Gasteiger partial charge in [0.05, 0.1) is 0 Å². The van der Waals surface area contributed by atoms with E-state index in [0.29, 0.717) is 12.1 Å². The molecule has 2 N–H and O–H groups in total. The Morgan fingerprint density at radius 2 is 1.89 bits per heavy atom. The lowest BCUT2D eigenvalue weighted by Crippen LogP contribution is -2.31. The highest BCUT2D eigenvalue weighted by atomic mass is 16.5. The normalized spacial score (nSPS) is 14.7. The molecule has 0 aromatic heterocycles. The van der Waals surface area contributed by atoms with Crippen molar-refractivity contribution in [2.24, 2.45) is 0 Å². The summed E-state index contributed by atoms with van der Waals surface area (Å²) in [6.45, 7) is 4.99. The van der Waals surface area contributed by atoms with Gasteiger partial charge in [0, 0.05) is 12.6 Å². The Morgan fingerprint density at radius 3 is 2.42 bits per heavy atom. The van der Waals surface area contributed by atoms with E-state index in [1.54, 1.807) is 24.3 Å². The second-order valence-electron chi connectivity index (χ2n) is 5.06. The number of nitrogens with zero attached hydrogens (tertiary/aromatic N) is 1. The molecule has 0 spiro atoms. The Hall–Kier alpha value is -1.04. The molecule has 0 atom stereocenters. The van der Waals surface area contributed by atoms with E-state index in [1.807, 2.05) is 0 Å². The molecule has 1 fully saturated rings. The van der Waals surface area contributed by atoms with Crippen LogP contribution in [0.15, 0.2) is 24.3 Å². The van der Waals surface area contributed by atoms with E-state index in [9.17, 15) is 0 Å². The molecule has 0 bridgehead atoms. The number of hydrogen-bond donors (Lipinski definition) is 2. The maximum Gasteiger partial charge on any atom is 0.488 e. The Morgan fingerprint density at radius 1 is 1.21 bits per heavy atom. The molecule has 1 aromatic rings. The van der Waals surface area contributed by atoms with Crippen LogP contribution in [0.4, 0.5) is 0 Å². The van der Waals surface area contributed by atoms with Crippen molar-refractivity contribution in [1.29, 1.82) is 0 Å². The summed E-state index contributed by atoms with van der Waals surface area (Å²) in [5.41, 5.74) is 0.484. The molecule has 0 amide bonds. The zero-order chi connectivity index (χ0) is 13.7. The minimum Gasteiger partial charge on any atom is -0.492 e. The topological polar surface area (TPSA) is 52.9 Å². The Balaban J connectivity index is 1.75. The molecule has 2 rings (SSSR count). The highest BCUT2D eigenvalue weighted by Gasteiger charge is 2.27. The molecule has 104 valence electrons. The Bertz CT molecular complexity index is 379. The summed E-state index contributed by atoms with van der Waals surface area (Å²) in [5, 5.41) is 18.0. The van der Waals surface area contributed by atoms with Crippen molar-refractivity contribution in [3.8, 4) is 5.75 Å². The first-order chi connectivity index (χ1) is 9.20. The van der Waals surface area contributed by atoms with Crippen molar-refractivity contribution in [1.82, 2.24) is 4.90 Å². The van der Waals surface area contributed by atoms with Crippen LogP contribution in [-0.2, 0) is 0 Å². The molecule has 5 heteroatoms. The third-order valence-electron chi connectivity index (χ3n) is 3.40. The first kappa shape index (κ1) is 14.4. The molecule has 0 aliphatic heterocycles. The van der Waals surface area contributed by atoms with Gasteiger partial charge < -0.3 is 14.8 Å². The average molecular weight is 263 g/mol. The third-order valence-corrected chi connectivity index (χ3v) is 3.40. The van der Waals surface area contributed by atoms with Gasteiger partial charge in [0.25, 0.3) is 0 Å². The zero-order valence-corrected chi connectivity index (χ0v) is 11.5. The predicted molar refractivity (Wildman–Crippen MR) is 76.6 cm³/mol. The molecule has 1 aromatic carbocycles. The predicted octanol–water partition coefficient (Wildman–Crippen LogP) is 0.620. The van der Waals surface area contributed by atoms with Gasteiger partial charge in [0.2, 0.25) is 0 Å². The number of ether oxygens (including phenoxy) is 1. The minimum absolute atomic E-state index is 0.484. The third kappa shape index (κ3) is 4.53. The molecule has 1 saturated carbocycles. The van der Waals surface area contributed by atoms with Gasteiger partial charge >= 0.3 is 7.12 Å². The van der Waals surface area contributed by atoms with Crippen molar-refractivity contribution >= 4 is 12.6 Å². The first-order valence-electron chi connectivity index (χ1n) is 7.03. The van der Waals surface area contributed by atoms with Gasteiger partial charge in [-0.05, 0) is 43.4 Å². The number of benzene rings is 1. The highest BCUT2D eigenvalue weighted by molar-refractivity contribution is 6.58. The Labute approximate surface area is 115 Å². The molecule has 0 heterocycles. The van der Waals surface area contributed by atoms with Crippen molar-refractivity contribution in [3.05, 3.63) is 24.3 Å².